The van der Waals surface area contributed by atoms with Gasteiger partial charge >= 0.3 is 0 Å². The summed E-state index contributed by atoms with van der Waals surface area (Å²) in [5.74, 6) is 2.43. The van der Waals surface area contributed by atoms with Crippen LogP contribution in [-0.4, -0.2) is 37.7 Å². The predicted octanol–water partition coefficient (Wildman–Crippen LogP) is 4.60. The molecule has 2 aliphatic heterocycles. The fraction of sp³-hybridized carbons (Fsp3) is 0.292. The van der Waals surface area contributed by atoms with Crippen LogP contribution < -0.4 is 14.2 Å². The van der Waals surface area contributed by atoms with Crippen molar-refractivity contribution in [3.05, 3.63) is 65.7 Å². The summed E-state index contributed by atoms with van der Waals surface area (Å²) in [6.45, 7) is 1.90. The van der Waals surface area contributed by atoms with Crippen molar-refractivity contribution in [2.24, 2.45) is 0 Å². The molecule has 148 valence electrons. The Hall–Kier alpha value is -3.21. The second kappa shape index (κ2) is 7.32. The van der Waals surface area contributed by atoms with Crippen molar-refractivity contribution < 1.29 is 19.0 Å². The SMILES string of the molecule is COc1ccc2cc(C(=O)N3CCC[C@H]3c3ccc4c(c3)OCCO4)ccc2c1. The number of nitrogens with zero attached hydrogens (tertiary/aromatic N) is 1. The smallest absolute Gasteiger partial charge is 0.254 e. The summed E-state index contributed by atoms with van der Waals surface area (Å²) in [7, 11) is 1.66. The number of benzene rings is 3. The lowest BCUT2D eigenvalue weighted by Gasteiger charge is -2.27. The first kappa shape index (κ1) is 17.9. The van der Waals surface area contributed by atoms with Crippen LogP contribution in [0.2, 0.25) is 0 Å². The van der Waals surface area contributed by atoms with Crippen LogP contribution in [0.25, 0.3) is 10.8 Å². The van der Waals surface area contributed by atoms with Gasteiger partial charge in [0.1, 0.15) is 19.0 Å². The van der Waals surface area contributed by atoms with Gasteiger partial charge < -0.3 is 19.1 Å². The highest BCUT2D eigenvalue weighted by atomic mass is 16.6. The summed E-state index contributed by atoms with van der Waals surface area (Å²) in [6, 6.07) is 17.8. The van der Waals surface area contributed by atoms with E-state index >= 15 is 0 Å². The Morgan fingerprint density at radius 3 is 2.62 bits per heavy atom. The molecule has 1 saturated heterocycles. The average molecular weight is 389 g/mol. The van der Waals surface area contributed by atoms with Crippen molar-refractivity contribution in [2.75, 3.05) is 26.9 Å². The third-order valence-electron chi connectivity index (χ3n) is 5.76. The van der Waals surface area contributed by atoms with Crippen molar-refractivity contribution >= 4 is 16.7 Å². The molecule has 2 heterocycles. The van der Waals surface area contributed by atoms with Gasteiger partial charge in [0, 0.05) is 12.1 Å². The van der Waals surface area contributed by atoms with E-state index in [1.54, 1.807) is 7.11 Å². The number of amides is 1. The molecule has 3 aromatic carbocycles. The highest BCUT2D eigenvalue weighted by molar-refractivity contribution is 5.99. The maximum Gasteiger partial charge on any atom is 0.254 e. The first-order valence-corrected chi connectivity index (χ1v) is 10.0. The Morgan fingerprint density at radius 2 is 1.76 bits per heavy atom. The predicted molar refractivity (Wildman–Crippen MR) is 111 cm³/mol. The number of carbonyl (C=O) groups excluding carboxylic acids is 1. The van der Waals surface area contributed by atoms with Gasteiger partial charge in [-0.25, -0.2) is 0 Å². The molecule has 0 radical (unpaired) electrons. The zero-order valence-corrected chi connectivity index (χ0v) is 16.4. The van der Waals surface area contributed by atoms with E-state index < -0.39 is 0 Å². The summed E-state index contributed by atoms with van der Waals surface area (Å²) in [5, 5.41) is 2.09. The van der Waals surface area contributed by atoms with Gasteiger partial charge in [0.2, 0.25) is 0 Å². The van der Waals surface area contributed by atoms with Crippen LogP contribution >= 0.6 is 0 Å². The molecular weight excluding hydrogens is 366 g/mol. The van der Waals surface area contributed by atoms with Gasteiger partial charge in [-0.1, -0.05) is 18.2 Å². The summed E-state index contributed by atoms with van der Waals surface area (Å²) in [4.78, 5) is 15.3. The number of hydrogen-bond acceptors (Lipinski definition) is 4. The monoisotopic (exact) mass is 389 g/mol. The highest BCUT2D eigenvalue weighted by Crippen LogP contribution is 2.38. The molecule has 5 heteroatoms. The van der Waals surface area contributed by atoms with Gasteiger partial charge in [0.15, 0.2) is 11.5 Å². The average Bonchev–Trinajstić information content (AvgIpc) is 3.27. The number of hydrogen-bond donors (Lipinski definition) is 0. The molecule has 0 N–H and O–H groups in total. The van der Waals surface area contributed by atoms with E-state index in [1.165, 1.54) is 0 Å². The van der Waals surface area contributed by atoms with Crippen LogP contribution in [0, 0.1) is 0 Å². The second-order valence-electron chi connectivity index (χ2n) is 7.49. The summed E-state index contributed by atoms with van der Waals surface area (Å²) in [5.41, 5.74) is 1.82. The zero-order chi connectivity index (χ0) is 19.8. The minimum atomic E-state index is 0.0601. The summed E-state index contributed by atoms with van der Waals surface area (Å²) in [6.07, 6.45) is 1.95. The van der Waals surface area contributed by atoms with E-state index in [-0.39, 0.29) is 11.9 Å². The fourth-order valence-electron chi connectivity index (χ4n) is 4.27. The maximum absolute atomic E-state index is 13.3. The van der Waals surface area contributed by atoms with E-state index in [0.29, 0.717) is 18.8 Å². The van der Waals surface area contributed by atoms with Crippen LogP contribution in [0.5, 0.6) is 17.2 Å². The Labute approximate surface area is 169 Å². The Kier molecular flexibility index (Phi) is 4.51. The zero-order valence-electron chi connectivity index (χ0n) is 16.4. The van der Waals surface area contributed by atoms with Gasteiger partial charge in [-0.3, -0.25) is 4.79 Å². The molecule has 0 aliphatic carbocycles. The third-order valence-corrected chi connectivity index (χ3v) is 5.76. The molecule has 0 unspecified atom stereocenters. The lowest BCUT2D eigenvalue weighted by Crippen LogP contribution is -2.30. The quantitative estimate of drug-likeness (QED) is 0.657. The first-order chi connectivity index (χ1) is 14.2. The molecule has 2 aliphatic rings. The summed E-state index contributed by atoms with van der Waals surface area (Å²) >= 11 is 0. The molecule has 1 fully saturated rings. The van der Waals surface area contributed by atoms with Crippen molar-refractivity contribution in [2.45, 2.75) is 18.9 Å². The molecule has 29 heavy (non-hydrogen) atoms. The van der Waals surface area contributed by atoms with Gasteiger partial charge in [-0.05, 0) is 65.6 Å². The van der Waals surface area contributed by atoms with Gasteiger partial charge in [0.25, 0.3) is 5.91 Å². The third kappa shape index (κ3) is 3.27. The topological polar surface area (TPSA) is 48.0 Å². The van der Waals surface area contributed by atoms with Crippen molar-refractivity contribution in [3.8, 4) is 17.2 Å². The van der Waals surface area contributed by atoms with E-state index in [9.17, 15) is 4.79 Å². The molecule has 0 bridgehead atoms. The molecule has 1 amide bonds. The van der Waals surface area contributed by atoms with Gasteiger partial charge in [0.05, 0.1) is 13.2 Å². The summed E-state index contributed by atoms with van der Waals surface area (Å²) < 4.78 is 16.6. The van der Waals surface area contributed by atoms with Gasteiger partial charge in [-0.2, -0.15) is 0 Å². The lowest BCUT2D eigenvalue weighted by atomic mass is 10.0. The molecule has 1 atom stereocenters. The van der Waals surface area contributed by atoms with Crippen LogP contribution in [0.3, 0.4) is 0 Å². The molecule has 0 saturated carbocycles. The number of carbonyl (C=O) groups is 1. The Morgan fingerprint density at radius 1 is 0.966 bits per heavy atom. The number of methoxy groups -OCH3 is 1. The maximum atomic E-state index is 13.3. The Balaban J connectivity index is 1.43. The standard InChI is InChI=1S/C24H23NO4/c1-27-20-8-6-16-13-19(5-4-17(16)14-20)24(26)25-10-2-3-21(25)18-7-9-22-23(15-18)29-12-11-28-22/h4-9,13-15,21H,2-3,10-12H2,1H3/t21-/m0/s1. The molecular formula is C24H23NO4. The molecule has 5 nitrogen and oxygen atoms in total. The minimum absolute atomic E-state index is 0.0601. The van der Waals surface area contributed by atoms with Crippen LogP contribution in [0.1, 0.15) is 34.8 Å². The van der Waals surface area contributed by atoms with Crippen LogP contribution in [0.4, 0.5) is 0 Å². The fourth-order valence-corrected chi connectivity index (χ4v) is 4.27. The molecule has 0 aromatic heterocycles. The highest BCUT2D eigenvalue weighted by Gasteiger charge is 2.31. The van der Waals surface area contributed by atoms with E-state index in [2.05, 4.69) is 6.07 Å². The minimum Gasteiger partial charge on any atom is -0.497 e. The van der Waals surface area contributed by atoms with E-state index in [4.69, 9.17) is 14.2 Å². The lowest BCUT2D eigenvalue weighted by molar-refractivity contribution is 0.0735. The van der Waals surface area contributed by atoms with Crippen LogP contribution in [0.15, 0.2) is 54.6 Å². The number of likely N-dealkylation sites (tertiary alicyclic amines) is 1. The van der Waals surface area contributed by atoms with Gasteiger partial charge in [-0.15, -0.1) is 0 Å². The normalized spacial score (nSPS) is 18.1. The Bertz CT molecular complexity index is 1080. The molecule has 3 aromatic rings. The molecule has 0 spiro atoms. The van der Waals surface area contributed by atoms with Crippen molar-refractivity contribution in [3.63, 3.8) is 0 Å². The first-order valence-electron chi connectivity index (χ1n) is 10.0. The second-order valence-corrected chi connectivity index (χ2v) is 7.49. The number of rotatable bonds is 3. The van der Waals surface area contributed by atoms with Crippen LogP contribution in [-0.2, 0) is 0 Å². The number of fused-ring (bicyclic) bond motifs is 2. The van der Waals surface area contributed by atoms with Crippen molar-refractivity contribution in [1.29, 1.82) is 0 Å². The van der Waals surface area contributed by atoms with Crippen molar-refractivity contribution in [1.82, 2.24) is 4.90 Å². The van der Waals surface area contributed by atoms with E-state index in [0.717, 1.165) is 53.0 Å². The largest absolute Gasteiger partial charge is 0.497 e. The number of ether oxygens (including phenoxy) is 3. The molecule has 5 rings (SSSR count). The van der Waals surface area contributed by atoms with E-state index in [1.807, 2.05) is 53.4 Å².